The van der Waals surface area contributed by atoms with Gasteiger partial charge in [-0.05, 0) is 35.3 Å². The standard InChI is InChI=1S/C20H21NO3/c1-3-14(2)20(16-7-5-4-6-8-16)21-19(24)12-10-15-9-11-17(22)18(23)13-15/h3-14,20,22-23H,1H2,2H3,(H,21,24)/b12-10+/t14?,20-/m0/s1. The maximum atomic E-state index is 12.2. The van der Waals surface area contributed by atoms with Crippen molar-refractivity contribution >= 4 is 12.0 Å². The lowest BCUT2D eigenvalue weighted by molar-refractivity contribution is -0.117. The van der Waals surface area contributed by atoms with Gasteiger partial charge in [-0.1, -0.05) is 49.4 Å². The first-order valence-electron chi connectivity index (χ1n) is 7.69. The Labute approximate surface area is 141 Å². The van der Waals surface area contributed by atoms with Crippen molar-refractivity contribution in [2.45, 2.75) is 13.0 Å². The SMILES string of the molecule is C=CC(C)[C@H](NC(=O)/C=C/c1ccc(O)c(O)c1)c1ccccc1. The first-order chi connectivity index (χ1) is 11.5. The van der Waals surface area contributed by atoms with Gasteiger partial charge < -0.3 is 15.5 Å². The fraction of sp³-hybridized carbons (Fsp3) is 0.150. The van der Waals surface area contributed by atoms with E-state index >= 15 is 0 Å². The third kappa shape index (κ3) is 4.49. The Morgan fingerprint density at radius 2 is 1.83 bits per heavy atom. The number of rotatable bonds is 6. The van der Waals surface area contributed by atoms with Gasteiger partial charge in [-0.3, -0.25) is 4.79 Å². The summed E-state index contributed by atoms with van der Waals surface area (Å²) in [5.41, 5.74) is 1.63. The zero-order chi connectivity index (χ0) is 17.5. The molecule has 0 radical (unpaired) electrons. The van der Waals surface area contributed by atoms with Crippen molar-refractivity contribution < 1.29 is 15.0 Å². The Bertz CT molecular complexity index is 738. The largest absolute Gasteiger partial charge is 0.504 e. The summed E-state index contributed by atoms with van der Waals surface area (Å²) in [5, 5.41) is 21.7. The number of nitrogens with one attached hydrogen (secondary N) is 1. The van der Waals surface area contributed by atoms with E-state index in [1.807, 2.05) is 37.3 Å². The van der Waals surface area contributed by atoms with Crippen molar-refractivity contribution in [3.05, 3.63) is 78.4 Å². The molecular weight excluding hydrogens is 302 g/mol. The highest BCUT2D eigenvalue weighted by Gasteiger charge is 2.18. The van der Waals surface area contributed by atoms with E-state index < -0.39 is 0 Å². The highest BCUT2D eigenvalue weighted by Crippen LogP contribution is 2.25. The fourth-order valence-electron chi connectivity index (χ4n) is 2.33. The molecule has 0 aliphatic carbocycles. The lowest BCUT2D eigenvalue weighted by atomic mass is 9.94. The molecule has 3 N–H and O–H groups in total. The molecule has 0 bridgehead atoms. The Balaban J connectivity index is 2.11. The van der Waals surface area contributed by atoms with Crippen LogP contribution < -0.4 is 5.32 Å². The van der Waals surface area contributed by atoms with Gasteiger partial charge in [-0.2, -0.15) is 0 Å². The van der Waals surface area contributed by atoms with E-state index in [2.05, 4.69) is 11.9 Å². The number of carbonyl (C=O) groups is 1. The predicted molar refractivity (Wildman–Crippen MR) is 95.5 cm³/mol. The van der Waals surface area contributed by atoms with Crippen molar-refractivity contribution in [2.24, 2.45) is 5.92 Å². The predicted octanol–water partition coefficient (Wildman–Crippen LogP) is 3.79. The first-order valence-corrected chi connectivity index (χ1v) is 7.69. The zero-order valence-corrected chi connectivity index (χ0v) is 13.5. The Hall–Kier alpha value is -3.01. The molecule has 1 unspecified atom stereocenters. The summed E-state index contributed by atoms with van der Waals surface area (Å²) in [6.07, 6.45) is 4.78. The maximum Gasteiger partial charge on any atom is 0.244 e. The van der Waals surface area contributed by atoms with Crippen molar-refractivity contribution in [3.8, 4) is 11.5 Å². The first kappa shape index (κ1) is 17.3. The second-order valence-corrected chi connectivity index (χ2v) is 5.57. The van der Waals surface area contributed by atoms with Crippen LogP contribution in [-0.2, 0) is 4.79 Å². The van der Waals surface area contributed by atoms with Crippen LogP contribution >= 0.6 is 0 Å². The molecule has 4 nitrogen and oxygen atoms in total. The van der Waals surface area contributed by atoms with Crippen LogP contribution in [0.5, 0.6) is 11.5 Å². The summed E-state index contributed by atoms with van der Waals surface area (Å²) < 4.78 is 0. The van der Waals surface area contributed by atoms with Crippen molar-refractivity contribution in [2.75, 3.05) is 0 Å². The van der Waals surface area contributed by atoms with E-state index in [1.54, 1.807) is 18.2 Å². The lowest BCUT2D eigenvalue weighted by Crippen LogP contribution is -2.30. The van der Waals surface area contributed by atoms with Crippen molar-refractivity contribution in [3.63, 3.8) is 0 Å². The normalized spacial score (nSPS) is 13.4. The van der Waals surface area contributed by atoms with Crippen LogP contribution in [-0.4, -0.2) is 16.1 Å². The van der Waals surface area contributed by atoms with E-state index in [0.29, 0.717) is 5.56 Å². The number of phenolic OH excluding ortho intramolecular Hbond substituents is 2. The number of amides is 1. The average Bonchev–Trinajstić information content (AvgIpc) is 2.60. The van der Waals surface area contributed by atoms with Gasteiger partial charge in [0.25, 0.3) is 0 Å². The fourth-order valence-corrected chi connectivity index (χ4v) is 2.33. The minimum absolute atomic E-state index is 0.0717. The molecule has 0 aromatic heterocycles. The molecule has 1 amide bonds. The van der Waals surface area contributed by atoms with E-state index in [1.165, 1.54) is 18.2 Å². The van der Waals surface area contributed by atoms with Gasteiger partial charge in [-0.15, -0.1) is 6.58 Å². The van der Waals surface area contributed by atoms with Crippen molar-refractivity contribution in [1.82, 2.24) is 5.32 Å². The van der Waals surface area contributed by atoms with Gasteiger partial charge in [0.05, 0.1) is 6.04 Å². The number of benzene rings is 2. The highest BCUT2D eigenvalue weighted by molar-refractivity contribution is 5.92. The van der Waals surface area contributed by atoms with E-state index in [0.717, 1.165) is 5.56 Å². The molecule has 0 fully saturated rings. The van der Waals surface area contributed by atoms with Gasteiger partial charge in [0.15, 0.2) is 11.5 Å². The monoisotopic (exact) mass is 323 g/mol. The molecule has 124 valence electrons. The topological polar surface area (TPSA) is 69.6 Å². The van der Waals surface area contributed by atoms with Gasteiger partial charge in [0, 0.05) is 6.08 Å². The molecule has 0 spiro atoms. The van der Waals surface area contributed by atoms with E-state index in [9.17, 15) is 15.0 Å². The van der Waals surface area contributed by atoms with Crippen LogP contribution in [0.2, 0.25) is 0 Å². The molecule has 2 atom stereocenters. The Kier molecular flexibility index (Phi) is 5.79. The highest BCUT2D eigenvalue weighted by atomic mass is 16.3. The number of carbonyl (C=O) groups excluding carboxylic acids is 1. The van der Waals surface area contributed by atoms with Crippen LogP contribution in [0, 0.1) is 5.92 Å². The number of hydrogen-bond donors (Lipinski definition) is 3. The summed E-state index contributed by atoms with van der Waals surface area (Å²) >= 11 is 0. The quantitative estimate of drug-likeness (QED) is 0.430. The smallest absolute Gasteiger partial charge is 0.244 e. The van der Waals surface area contributed by atoms with Crippen LogP contribution in [0.15, 0.2) is 67.3 Å². The van der Waals surface area contributed by atoms with Gasteiger partial charge in [0.1, 0.15) is 0 Å². The maximum absolute atomic E-state index is 12.2. The molecule has 2 aromatic rings. The number of hydrogen-bond acceptors (Lipinski definition) is 3. The molecule has 24 heavy (non-hydrogen) atoms. The summed E-state index contributed by atoms with van der Waals surface area (Å²) in [6, 6.07) is 13.9. The third-order valence-corrected chi connectivity index (χ3v) is 3.78. The number of phenols is 2. The lowest BCUT2D eigenvalue weighted by Gasteiger charge is -2.22. The molecular formula is C20H21NO3. The summed E-state index contributed by atoms with van der Waals surface area (Å²) in [7, 11) is 0. The van der Waals surface area contributed by atoms with Crippen LogP contribution in [0.25, 0.3) is 6.08 Å². The van der Waals surface area contributed by atoms with Crippen LogP contribution in [0.4, 0.5) is 0 Å². The van der Waals surface area contributed by atoms with Gasteiger partial charge >= 0.3 is 0 Å². The molecule has 0 saturated carbocycles. The minimum atomic E-state index is -0.245. The van der Waals surface area contributed by atoms with Crippen LogP contribution in [0.3, 0.4) is 0 Å². The molecule has 0 aliphatic rings. The second-order valence-electron chi connectivity index (χ2n) is 5.57. The summed E-state index contributed by atoms with van der Waals surface area (Å²) in [4.78, 5) is 12.2. The molecule has 2 rings (SSSR count). The van der Waals surface area contributed by atoms with E-state index in [4.69, 9.17) is 0 Å². The summed E-state index contributed by atoms with van der Waals surface area (Å²) in [5.74, 6) is -0.590. The average molecular weight is 323 g/mol. The second kappa shape index (κ2) is 8.02. The summed E-state index contributed by atoms with van der Waals surface area (Å²) in [6.45, 7) is 5.80. The molecule has 0 saturated heterocycles. The minimum Gasteiger partial charge on any atom is -0.504 e. The van der Waals surface area contributed by atoms with E-state index in [-0.39, 0.29) is 29.4 Å². The molecule has 4 heteroatoms. The zero-order valence-electron chi connectivity index (χ0n) is 13.5. The van der Waals surface area contributed by atoms with Gasteiger partial charge in [0.2, 0.25) is 5.91 Å². The van der Waals surface area contributed by atoms with Crippen LogP contribution in [0.1, 0.15) is 24.1 Å². The third-order valence-electron chi connectivity index (χ3n) is 3.78. The number of aromatic hydroxyl groups is 2. The molecule has 0 aliphatic heterocycles. The Morgan fingerprint density at radius 1 is 1.12 bits per heavy atom. The Morgan fingerprint density at radius 3 is 2.46 bits per heavy atom. The van der Waals surface area contributed by atoms with Gasteiger partial charge in [-0.25, -0.2) is 0 Å². The van der Waals surface area contributed by atoms with Crippen molar-refractivity contribution in [1.29, 1.82) is 0 Å². The molecule has 0 heterocycles. The molecule has 2 aromatic carbocycles.